The van der Waals surface area contributed by atoms with Crippen LogP contribution in [0, 0.1) is 5.92 Å². The van der Waals surface area contributed by atoms with E-state index in [0.29, 0.717) is 24.9 Å². The molecular formula is C18H31IN4O2. The van der Waals surface area contributed by atoms with Gasteiger partial charge in [0.2, 0.25) is 5.88 Å². The fraction of sp³-hybridized carbons (Fsp3) is 0.667. The summed E-state index contributed by atoms with van der Waals surface area (Å²) in [4.78, 5) is 10.9. The highest BCUT2D eigenvalue weighted by molar-refractivity contribution is 14.0. The molecule has 1 fully saturated rings. The van der Waals surface area contributed by atoms with Gasteiger partial charge in [0, 0.05) is 51.5 Å². The van der Waals surface area contributed by atoms with Crippen molar-refractivity contribution < 1.29 is 9.47 Å². The van der Waals surface area contributed by atoms with Gasteiger partial charge in [0.1, 0.15) is 0 Å². The smallest absolute Gasteiger partial charge is 0.218 e. The molecule has 1 N–H and O–H groups in total. The average molecular weight is 462 g/mol. The van der Waals surface area contributed by atoms with E-state index in [1.807, 2.05) is 19.2 Å². The second kappa shape index (κ2) is 12.3. The average Bonchev–Trinajstić information content (AvgIpc) is 3.10. The van der Waals surface area contributed by atoms with E-state index in [1.165, 1.54) is 0 Å². The highest BCUT2D eigenvalue weighted by atomic mass is 127. The Hall–Kier alpha value is -1.09. The molecule has 1 aliphatic rings. The third-order valence-electron chi connectivity index (χ3n) is 4.15. The lowest BCUT2D eigenvalue weighted by Crippen LogP contribution is -2.41. The number of hydrogen-bond donors (Lipinski definition) is 1. The lowest BCUT2D eigenvalue weighted by molar-refractivity contribution is 0.181. The third kappa shape index (κ3) is 7.35. The predicted molar refractivity (Wildman–Crippen MR) is 112 cm³/mol. The van der Waals surface area contributed by atoms with Gasteiger partial charge >= 0.3 is 0 Å². The number of guanidine groups is 1. The van der Waals surface area contributed by atoms with Crippen LogP contribution in [0.15, 0.2) is 23.3 Å². The number of halogens is 1. The predicted octanol–water partition coefficient (Wildman–Crippen LogP) is 2.92. The molecule has 2 heterocycles. The van der Waals surface area contributed by atoms with Gasteiger partial charge in [-0.05, 0) is 18.9 Å². The van der Waals surface area contributed by atoms with Crippen molar-refractivity contribution in [3.63, 3.8) is 0 Å². The molecule has 0 saturated carbocycles. The topological polar surface area (TPSA) is 59.0 Å². The van der Waals surface area contributed by atoms with Crippen LogP contribution in [0.3, 0.4) is 0 Å². The maximum atomic E-state index is 5.79. The summed E-state index contributed by atoms with van der Waals surface area (Å²) in [5.41, 5.74) is 1.05. The summed E-state index contributed by atoms with van der Waals surface area (Å²) >= 11 is 0. The van der Waals surface area contributed by atoms with Crippen molar-refractivity contribution in [1.29, 1.82) is 0 Å². The van der Waals surface area contributed by atoms with Crippen LogP contribution in [0.2, 0.25) is 0 Å². The minimum Gasteiger partial charge on any atom is -0.477 e. The van der Waals surface area contributed by atoms with Gasteiger partial charge in [0.15, 0.2) is 5.96 Å². The van der Waals surface area contributed by atoms with Gasteiger partial charge in [-0.2, -0.15) is 0 Å². The third-order valence-corrected chi connectivity index (χ3v) is 4.15. The highest BCUT2D eigenvalue weighted by Gasteiger charge is 2.19. The van der Waals surface area contributed by atoms with E-state index in [0.717, 1.165) is 50.5 Å². The number of pyridine rings is 1. The molecule has 1 aromatic heterocycles. The number of aliphatic imine (C=N–C) groups is 1. The molecule has 1 unspecified atom stereocenters. The van der Waals surface area contributed by atoms with Crippen molar-refractivity contribution in [3.05, 3.63) is 23.9 Å². The van der Waals surface area contributed by atoms with Gasteiger partial charge in [-0.25, -0.2) is 4.98 Å². The Kier molecular flexibility index (Phi) is 10.8. The maximum absolute atomic E-state index is 5.79. The molecule has 0 bridgehead atoms. The molecule has 1 atom stereocenters. The SMILES string of the molecule is CCCCOc1ncccc1CNC(=NC)N(C)CC1CCOC1.I. The molecule has 25 heavy (non-hydrogen) atoms. The van der Waals surface area contributed by atoms with Crippen molar-refractivity contribution in [2.75, 3.05) is 40.5 Å². The van der Waals surface area contributed by atoms with Crippen molar-refractivity contribution >= 4 is 29.9 Å². The Morgan fingerprint density at radius 3 is 3.04 bits per heavy atom. The summed E-state index contributed by atoms with van der Waals surface area (Å²) in [6, 6.07) is 3.98. The van der Waals surface area contributed by atoms with Gasteiger partial charge < -0.3 is 19.7 Å². The zero-order valence-corrected chi connectivity index (χ0v) is 17.9. The van der Waals surface area contributed by atoms with Gasteiger partial charge in [-0.15, -0.1) is 24.0 Å². The number of unbranched alkanes of at least 4 members (excludes halogenated alkanes) is 1. The van der Waals surface area contributed by atoms with Gasteiger partial charge in [-0.3, -0.25) is 4.99 Å². The molecule has 0 aliphatic carbocycles. The molecule has 2 rings (SSSR count). The van der Waals surface area contributed by atoms with Crippen LogP contribution < -0.4 is 10.1 Å². The van der Waals surface area contributed by atoms with Crippen LogP contribution in [0.5, 0.6) is 5.88 Å². The first kappa shape index (κ1) is 22.0. The first-order valence-electron chi connectivity index (χ1n) is 8.80. The summed E-state index contributed by atoms with van der Waals surface area (Å²) in [5.74, 6) is 2.17. The van der Waals surface area contributed by atoms with E-state index in [4.69, 9.17) is 9.47 Å². The number of hydrogen-bond acceptors (Lipinski definition) is 4. The zero-order valence-electron chi connectivity index (χ0n) is 15.5. The largest absolute Gasteiger partial charge is 0.477 e. The Labute approximate surface area is 168 Å². The number of nitrogens with one attached hydrogen (secondary N) is 1. The van der Waals surface area contributed by atoms with Gasteiger partial charge in [0.25, 0.3) is 0 Å². The maximum Gasteiger partial charge on any atom is 0.218 e. The minimum atomic E-state index is 0. The van der Waals surface area contributed by atoms with Crippen molar-refractivity contribution in [3.8, 4) is 5.88 Å². The van der Waals surface area contributed by atoms with E-state index in [9.17, 15) is 0 Å². The van der Waals surface area contributed by atoms with Gasteiger partial charge in [-0.1, -0.05) is 19.4 Å². The Bertz CT molecular complexity index is 522. The van der Waals surface area contributed by atoms with E-state index < -0.39 is 0 Å². The quantitative estimate of drug-likeness (QED) is 0.279. The molecule has 1 aliphatic heterocycles. The molecule has 1 aromatic rings. The molecule has 6 nitrogen and oxygen atoms in total. The number of nitrogens with zero attached hydrogens (tertiary/aromatic N) is 3. The standard InChI is InChI=1S/C18H30N4O2.HI/c1-4-5-10-24-17-16(7-6-9-20-17)12-21-18(19-2)22(3)13-15-8-11-23-14-15;/h6-7,9,15H,4-5,8,10-14H2,1-3H3,(H,19,21);1H. The summed E-state index contributed by atoms with van der Waals surface area (Å²) < 4.78 is 11.2. The lowest BCUT2D eigenvalue weighted by Gasteiger charge is -2.24. The molecule has 1 saturated heterocycles. The second-order valence-electron chi connectivity index (χ2n) is 6.18. The monoisotopic (exact) mass is 462 g/mol. The van der Waals surface area contributed by atoms with Crippen molar-refractivity contribution in [2.24, 2.45) is 10.9 Å². The lowest BCUT2D eigenvalue weighted by atomic mass is 10.1. The second-order valence-corrected chi connectivity index (χ2v) is 6.18. The van der Waals surface area contributed by atoms with Crippen LogP contribution in [-0.4, -0.2) is 56.3 Å². The molecule has 142 valence electrons. The minimum absolute atomic E-state index is 0. The Balaban J connectivity index is 0.00000312. The van der Waals surface area contributed by atoms with E-state index in [2.05, 4.69) is 34.2 Å². The summed E-state index contributed by atoms with van der Waals surface area (Å²) in [7, 11) is 3.88. The molecule has 0 radical (unpaired) electrons. The van der Waals surface area contributed by atoms with Crippen LogP contribution in [0.1, 0.15) is 31.7 Å². The summed E-state index contributed by atoms with van der Waals surface area (Å²) in [6.07, 6.45) is 5.05. The molecule has 7 heteroatoms. The summed E-state index contributed by atoms with van der Waals surface area (Å²) in [6.45, 7) is 6.17. The first-order chi connectivity index (χ1) is 11.7. The number of ether oxygens (including phenoxy) is 2. The normalized spacial score (nSPS) is 17.1. The van der Waals surface area contributed by atoms with Crippen LogP contribution in [-0.2, 0) is 11.3 Å². The van der Waals surface area contributed by atoms with Crippen molar-refractivity contribution in [1.82, 2.24) is 15.2 Å². The molecule has 0 aromatic carbocycles. The van der Waals surface area contributed by atoms with Crippen LogP contribution >= 0.6 is 24.0 Å². The van der Waals surface area contributed by atoms with Crippen LogP contribution in [0.4, 0.5) is 0 Å². The zero-order chi connectivity index (χ0) is 17.2. The molecular weight excluding hydrogens is 431 g/mol. The Morgan fingerprint density at radius 1 is 1.52 bits per heavy atom. The fourth-order valence-corrected chi connectivity index (χ4v) is 2.76. The Morgan fingerprint density at radius 2 is 2.36 bits per heavy atom. The summed E-state index contributed by atoms with van der Waals surface area (Å²) in [5, 5.41) is 3.41. The van der Waals surface area contributed by atoms with Crippen molar-refractivity contribution in [2.45, 2.75) is 32.7 Å². The van der Waals surface area contributed by atoms with E-state index in [1.54, 1.807) is 6.20 Å². The molecule has 0 amide bonds. The van der Waals surface area contributed by atoms with Gasteiger partial charge in [0.05, 0.1) is 13.2 Å². The number of rotatable bonds is 8. The number of aromatic nitrogens is 1. The first-order valence-corrected chi connectivity index (χ1v) is 8.80. The van der Waals surface area contributed by atoms with E-state index >= 15 is 0 Å². The fourth-order valence-electron chi connectivity index (χ4n) is 2.76. The molecule has 0 spiro atoms. The highest BCUT2D eigenvalue weighted by Crippen LogP contribution is 2.15. The van der Waals surface area contributed by atoms with Crippen LogP contribution in [0.25, 0.3) is 0 Å². The van der Waals surface area contributed by atoms with E-state index in [-0.39, 0.29) is 24.0 Å².